The van der Waals surface area contributed by atoms with Crippen molar-refractivity contribution in [2.75, 3.05) is 13.1 Å². The Bertz CT molecular complexity index is 544. The number of hydrogen-bond acceptors (Lipinski definition) is 4. The summed E-state index contributed by atoms with van der Waals surface area (Å²) in [6.45, 7) is 6.29. The molecule has 0 aliphatic carbocycles. The highest BCUT2D eigenvalue weighted by Crippen LogP contribution is 2.31. The third-order valence-electron chi connectivity index (χ3n) is 4.38. The SMILES string of the molecule is CC(C)N1CC2CCC(C1)N2C(=O)n1cnc(C#N)c1. The van der Waals surface area contributed by atoms with Crippen LogP contribution in [0.3, 0.4) is 0 Å². The Balaban J connectivity index is 1.79. The summed E-state index contributed by atoms with van der Waals surface area (Å²) in [6.07, 6.45) is 5.09. The van der Waals surface area contributed by atoms with E-state index in [-0.39, 0.29) is 23.8 Å². The molecule has 0 spiro atoms. The van der Waals surface area contributed by atoms with Gasteiger partial charge in [0.2, 0.25) is 0 Å². The zero-order chi connectivity index (χ0) is 14.3. The predicted molar refractivity (Wildman–Crippen MR) is 73.1 cm³/mol. The van der Waals surface area contributed by atoms with E-state index in [1.54, 1.807) is 0 Å². The molecular formula is C14H19N5O. The standard InChI is InChI=1S/C14H19N5O/c1-10(2)17-7-12-3-4-13(8-17)19(12)14(20)18-6-11(5-15)16-9-18/h6,9-10,12-13H,3-4,7-8H2,1-2H3. The Morgan fingerprint density at radius 3 is 2.55 bits per heavy atom. The minimum atomic E-state index is -0.0464. The summed E-state index contributed by atoms with van der Waals surface area (Å²) < 4.78 is 1.44. The number of carbonyl (C=O) groups is 1. The minimum Gasteiger partial charge on any atom is -0.315 e. The predicted octanol–water partition coefficient (Wildman–Crippen LogP) is 1.28. The largest absolute Gasteiger partial charge is 0.330 e. The van der Waals surface area contributed by atoms with Crippen LogP contribution in [0.1, 0.15) is 32.4 Å². The van der Waals surface area contributed by atoms with Crippen LogP contribution in [0, 0.1) is 11.3 Å². The molecule has 0 radical (unpaired) electrons. The van der Waals surface area contributed by atoms with Gasteiger partial charge in [0.1, 0.15) is 12.4 Å². The molecule has 2 atom stereocenters. The Labute approximate surface area is 118 Å². The number of carbonyl (C=O) groups excluding carboxylic acids is 1. The first-order chi connectivity index (χ1) is 9.60. The topological polar surface area (TPSA) is 65.2 Å². The van der Waals surface area contributed by atoms with E-state index in [1.165, 1.54) is 17.1 Å². The molecule has 0 aromatic carbocycles. The molecule has 1 amide bonds. The van der Waals surface area contributed by atoms with Gasteiger partial charge in [0.25, 0.3) is 0 Å². The second-order valence-corrected chi connectivity index (χ2v) is 5.90. The zero-order valence-electron chi connectivity index (χ0n) is 11.9. The molecule has 0 saturated carbocycles. The number of nitriles is 1. The number of amides is 1. The molecule has 1 aromatic heterocycles. The van der Waals surface area contributed by atoms with Gasteiger partial charge in [-0.05, 0) is 26.7 Å². The highest BCUT2D eigenvalue weighted by Gasteiger charge is 2.43. The van der Waals surface area contributed by atoms with Crippen molar-refractivity contribution in [3.63, 3.8) is 0 Å². The maximum atomic E-state index is 12.6. The molecule has 2 bridgehead atoms. The van der Waals surface area contributed by atoms with Crippen LogP contribution in [0.2, 0.25) is 0 Å². The molecule has 6 heteroatoms. The van der Waals surface area contributed by atoms with E-state index < -0.39 is 0 Å². The van der Waals surface area contributed by atoms with Crippen molar-refractivity contribution >= 4 is 6.03 Å². The lowest BCUT2D eigenvalue weighted by atomic mass is 10.1. The van der Waals surface area contributed by atoms with Crippen molar-refractivity contribution in [3.8, 4) is 6.07 Å². The molecule has 2 fully saturated rings. The zero-order valence-corrected chi connectivity index (χ0v) is 11.9. The van der Waals surface area contributed by atoms with E-state index in [1.807, 2.05) is 11.0 Å². The fourth-order valence-corrected chi connectivity index (χ4v) is 3.29. The number of likely N-dealkylation sites (tertiary alicyclic amines) is 1. The van der Waals surface area contributed by atoms with E-state index in [9.17, 15) is 4.79 Å². The van der Waals surface area contributed by atoms with Crippen molar-refractivity contribution in [2.24, 2.45) is 0 Å². The third-order valence-corrected chi connectivity index (χ3v) is 4.38. The Hall–Kier alpha value is -1.87. The highest BCUT2D eigenvalue weighted by atomic mass is 16.2. The number of hydrogen-bond donors (Lipinski definition) is 0. The number of rotatable bonds is 1. The van der Waals surface area contributed by atoms with Gasteiger partial charge in [-0.3, -0.25) is 9.47 Å². The summed E-state index contributed by atoms with van der Waals surface area (Å²) in [5, 5.41) is 8.80. The maximum absolute atomic E-state index is 12.6. The number of piperazine rings is 1. The number of imidazole rings is 1. The van der Waals surface area contributed by atoms with Gasteiger partial charge in [-0.15, -0.1) is 0 Å². The van der Waals surface area contributed by atoms with E-state index in [0.717, 1.165) is 25.9 Å². The lowest BCUT2D eigenvalue weighted by Gasteiger charge is -2.42. The summed E-state index contributed by atoms with van der Waals surface area (Å²) in [4.78, 5) is 20.9. The molecule has 2 saturated heterocycles. The van der Waals surface area contributed by atoms with Gasteiger partial charge in [0, 0.05) is 31.2 Å². The molecule has 2 aliphatic rings. The van der Waals surface area contributed by atoms with E-state index in [4.69, 9.17) is 5.26 Å². The second kappa shape index (κ2) is 4.91. The van der Waals surface area contributed by atoms with E-state index in [0.29, 0.717) is 6.04 Å². The number of fused-ring (bicyclic) bond motifs is 2. The number of nitrogens with zero attached hydrogens (tertiary/aromatic N) is 5. The summed E-state index contributed by atoms with van der Waals surface area (Å²) in [7, 11) is 0. The summed E-state index contributed by atoms with van der Waals surface area (Å²) >= 11 is 0. The average molecular weight is 273 g/mol. The molecule has 2 aliphatic heterocycles. The minimum absolute atomic E-state index is 0.0464. The van der Waals surface area contributed by atoms with Crippen molar-refractivity contribution in [2.45, 2.75) is 44.8 Å². The molecule has 3 rings (SSSR count). The molecule has 3 heterocycles. The highest BCUT2D eigenvalue weighted by molar-refractivity contribution is 5.78. The molecule has 6 nitrogen and oxygen atoms in total. The molecule has 0 N–H and O–H groups in total. The van der Waals surface area contributed by atoms with Crippen molar-refractivity contribution < 1.29 is 4.79 Å². The Morgan fingerprint density at radius 2 is 2.05 bits per heavy atom. The average Bonchev–Trinajstić information content (AvgIpc) is 3.01. The Kier molecular flexibility index (Phi) is 3.22. The maximum Gasteiger partial charge on any atom is 0.330 e. The van der Waals surface area contributed by atoms with Gasteiger partial charge >= 0.3 is 6.03 Å². The lowest BCUT2D eigenvalue weighted by Crippen LogP contribution is -2.57. The van der Waals surface area contributed by atoms with Crippen molar-refractivity contribution in [1.29, 1.82) is 5.26 Å². The fourth-order valence-electron chi connectivity index (χ4n) is 3.29. The first-order valence-corrected chi connectivity index (χ1v) is 7.11. The normalized spacial score (nSPS) is 26.0. The fraction of sp³-hybridized carbons (Fsp3) is 0.643. The monoisotopic (exact) mass is 273 g/mol. The second-order valence-electron chi connectivity index (χ2n) is 5.90. The van der Waals surface area contributed by atoms with Crippen LogP contribution >= 0.6 is 0 Å². The Morgan fingerprint density at radius 1 is 1.40 bits per heavy atom. The van der Waals surface area contributed by atoms with Crippen LogP contribution in [0.25, 0.3) is 0 Å². The van der Waals surface area contributed by atoms with Gasteiger partial charge in [0.15, 0.2) is 5.69 Å². The summed E-state index contributed by atoms with van der Waals surface area (Å²) in [6, 6.07) is 3.01. The van der Waals surface area contributed by atoms with Gasteiger partial charge in [-0.25, -0.2) is 9.78 Å². The van der Waals surface area contributed by atoms with Crippen LogP contribution < -0.4 is 0 Å². The quantitative estimate of drug-likeness (QED) is 0.773. The molecule has 106 valence electrons. The van der Waals surface area contributed by atoms with E-state index >= 15 is 0 Å². The third kappa shape index (κ3) is 2.08. The van der Waals surface area contributed by atoms with Gasteiger partial charge in [0.05, 0.1) is 6.20 Å². The van der Waals surface area contributed by atoms with Gasteiger partial charge in [-0.1, -0.05) is 0 Å². The molecule has 20 heavy (non-hydrogen) atoms. The smallest absolute Gasteiger partial charge is 0.315 e. The van der Waals surface area contributed by atoms with Crippen molar-refractivity contribution in [1.82, 2.24) is 19.4 Å². The first kappa shape index (κ1) is 13.1. The van der Waals surface area contributed by atoms with Gasteiger partial charge in [-0.2, -0.15) is 5.26 Å². The van der Waals surface area contributed by atoms with Crippen LogP contribution in [-0.2, 0) is 0 Å². The molecule has 1 aromatic rings. The number of aromatic nitrogens is 2. The van der Waals surface area contributed by atoms with E-state index in [2.05, 4.69) is 23.7 Å². The summed E-state index contributed by atoms with van der Waals surface area (Å²) in [5.41, 5.74) is 0.284. The van der Waals surface area contributed by atoms with Gasteiger partial charge < -0.3 is 4.90 Å². The molecular weight excluding hydrogens is 254 g/mol. The molecule has 2 unspecified atom stereocenters. The van der Waals surface area contributed by atoms with Crippen LogP contribution in [0.4, 0.5) is 4.79 Å². The van der Waals surface area contributed by atoms with Crippen molar-refractivity contribution in [3.05, 3.63) is 18.2 Å². The van der Waals surface area contributed by atoms with Crippen LogP contribution in [0.5, 0.6) is 0 Å². The van der Waals surface area contributed by atoms with Crippen LogP contribution in [0.15, 0.2) is 12.5 Å². The first-order valence-electron chi connectivity index (χ1n) is 7.11. The lowest BCUT2D eigenvalue weighted by molar-refractivity contribution is 0.0711. The van der Waals surface area contributed by atoms with Crippen LogP contribution in [-0.4, -0.2) is 56.6 Å². The summed E-state index contributed by atoms with van der Waals surface area (Å²) in [5.74, 6) is 0.